The standard InChI is InChI=1S/C12H16ClN/c1-4-10-5-6-11(12(13)7-10)8-14-9(2)3/h4-7,9,14H,1,8H2,2-3H3. The summed E-state index contributed by atoms with van der Waals surface area (Å²) in [5.41, 5.74) is 2.19. The highest BCUT2D eigenvalue weighted by molar-refractivity contribution is 6.31. The smallest absolute Gasteiger partial charge is 0.0456 e. The van der Waals surface area contributed by atoms with Gasteiger partial charge in [-0.2, -0.15) is 0 Å². The molecule has 1 aromatic carbocycles. The number of hydrogen-bond acceptors (Lipinski definition) is 1. The summed E-state index contributed by atoms with van der Waals surface area (Å²) in [5, 5.41) is 4.13. The molecule has 0 unspecified atom stereocenters. The summed E-state index contributed by atoms with van der Waals surface area (Å²) in [5.74, 6) is 0. The quantitative estimate of drug-likeness (QED) is 0.801. The summed E-state index contributed by atoms with van der Waals surface area (Å²) >= 11 is 6.10. The molecule has 14 heavy (non-hydrogen) atoms. The van der Waals surface area contributed by atoms with Gasteiger partial charge in [0.15, 0.2) is 0 Å². The highest BCUT2D eigenvalue weighted by atomic mass is 35.5. The predicted molar refractivity (Wildman–Crippen MR) is 63.5 cm³/mol. The lowest BCUT2D eigenvalue weighted by molar-refractivity contribution is 0.589. The summed E-state index contributed by atoms with van der Waals surface area (Å²) in [6, 6.07) is 6.47. The van der Waals surface area contributed by atoms with Gasteiger partial charge in [0, 0.05) is 17.6 Å². The molecule has 1 aromatic rings. The van der Waals surface area contributed by atoms with Gasteiger partial charge in [-0.25, -0.2) is 0 Å². The molecule has 0 aliphatic rings. The third-order valence-electron chi connectivity index (χ3n) is 2.01. The summed E-state index contributed by atoms with van der Waals surface area (Å²) in [6.45, 7) is 8.75. The van der Waals surface area contributed by atoms with E-state index in [1.54, 1.807) is 6.08 Å². The Morgan fingerprint density at radius 1 is 1.50 bits per heavy atom. The Morgan fingerprint density at radius 2 is 2.21 bits per heavy atom. The summed E-state index contributed by atoms with van der Waals surface area (Å²) in [6.07, 6.45) is 1.80. The SMILES string of the molecule is C=Cc1ccc(CNC(C)C)c(Cl)c1. The van der Waals surface area contributed by atoms with Gasteiger partial charge in [-0.3, -0.25) is 0 Å². The van der Waals surface area contributed by atoms with Gasteiger partial charge in [0.05, 0.1) is 0 Å². The Hall–Kier alpha value is -0.790. The van der Waals surface area contributed by atoms with Crippen molar-refractivity contribution in [2.45, 2.75) is 26.4 Å². The molecule has 0 aliphatic heterocycles. The average molecular weight is 210 g/mol. The molecule has 1 rings (SSSR count). The van der Waals surface area contributed by atoms with E-state index in [2.05, 4.69) is 25.7 Å². The molecule has 0 atom stereocenters. The zero-order valence-corrected chi connectivity index (χ0v) is 9.43. The maximum absolute atomic E-state index is 6.10. The van der Waals surface area contributed by atoms with E-state index in [9.17, 15) is 0 Å². The Morgan fingerprint density at radius 3 is 2.71 bits per heavy atom. The lowest BCUT2D eigenvalue weighted by Crippen LogP contribution is -2.21. The van der Waals surface area contributed by atoms with Crippen molar-refractivity contribution in [2.24, 2.45) is 0 Å². The first-order valence-electron chi connectivity index (χ1n) is 4.77. The third-order valence-corrected chi connectivity index (χ3v) is 2.37. The molecule has 0 heterocycles. The van der Waals surface area contributed by atoms with Crippen LogP contribution < -0.4 is 5.32 Å². The van der Waals surface area contributed by atoms with Gasteiger partial charge < -0.3 is 5.32 Å². The molecule has 0 aromatic heterocycles. The van der Waals surface area contributed by atoms with E-state index in [0.29, 0.717) is 6.04 Å². The van der Waals surface area contributed by atoms with Crippen molar-refractivity contribution in [3.05, 3.63) is 40.9 Å². The third kappa shape index (κ3) is 3.17. The summed E-state index contributed by atoms with van der Waals surface area (Å²) in [4.78, 5) is 0. The van der Waals surface area contributed by atoms with Crippen LogP contribution in [0, 0.1) is 0 Å². The minimum atomic E-state index is 0.477. The van der Waals surface area contributed by atoms with E-state index < -0.39 is 0 Å². The van der Waals surface area contributed by atoms with Crippen molar-refractivity contribution in [1.29, 1.82) is 0 Å². The molecule has 1 nitrogen and oxygen atoms in total. The molecule has 1 N–H and O–H groups in total. The van der Waals surface area contributed by atoms with Crippen molar-refractivity contribution >= 4 is 17.7 Å². The Kier molecular flexibility index (Phi) is 4.18. The van der Waals surface area contributed by atoms with Crippen molar-refractivity contribution in [3.63, 3.8) is 0 Å². The molecule has 0 saturated heterocycles. The minimum Gasteiger partial charge on any atom is -0.310 e. The lowest BCUT2D eigenvalue weighted by atomic mass is 10.1. The first-order chi connectivity index (χ1) is 6.63. The highest BCUT2D eigenvalue weighted by Gasteiger charge is 2.01. The first-order valence-corrected chi connectivity index (χ1v) is 5.15. The number of halogens is 1. The van der Waals surface area contributed by atoms with E-state index in [0.717, 1.165) is 22.7 Å². The fraction of sp³-hybridized carbons (Fsp3) is 0.333. The van der Waals surface area contributed by atoms with E-state index >= 15 is 0 Å². The van der Waals surface area contributed by atoms with Gasteiger partial charge in [-0.05, 0) is 17.2 Å². The van der Waals surface area contributed by atoms with Crippen molar-refractivity contribution in [1.82, 2.24) is 5.32 Å². The summed E-state index contributed by atoms with van der Waals surface area (Å²) in [7, 11) is 0. The normalized spacial score (nSPS) is 10.6. The van der Waals surface area contributed by atoms with Gasteiger partial charge >= 0.3 is 0 Å². The van der Waals surface area contributed by atoms with E-state index in [1.807, 2.05) is 18.2 Å². The van der Waals surface area contributed by atoms with Crippen LogP contribution in [-0.2, 0) is 6.54 Å². The topological polar surface area (TPSA) is 12.0 Å². The lowest BCUT2D eigenvalue weighted by Gasteiger charge is -2.09. The highest BCUT2D eigenvalue weighted by Crippen LogP contribution is 2.18. The maximum atomic E-state index is 6.10. The van der Waals surface area contributed by atoms with Crippen molar-refractivity contribution < 1.29 is 0 Å². The molecule has 2 heteroatoms. The van der Waals surface area contributed by atoms with Crippen LogP contribution in [0.2, 0.25) is 5.02 Å². The Balaban J connectivity index is 2.73. The fourth-order valence-electron chi connectivity index (χ4n) is 1.15. The molecule has 0 bridgehead atoms. The number of benzene rings is 1. The molecule has 0 fully saturated rings. The average Bonchev–Trinajstić information content (AvgIpc) is 2.15. The minimum absolute atomic E-state index is 0.477. The predicted octanol–water partition coefficient (Wildman–Crippen LogP) is 3.48. The van der Waals surface area contributed by atoms with E-state index in [4.69, 9.17) is 11.6 Å². The molecular weight excluding hydrogens is 194 g/mol. The largest absolute Gasteiger partial charge is 0.310 e. The van der Waals surface area contributed by atoms with Gasteiger partial charge in [0.25, 0.3) is 0 Å². The molecule has 0 spiro atoms. The van der Waals surface area contributed by atoms with Crippen LogP contribution in [0.3, 0.4) is 0 Å². The van der Waals surface area contributed by atoms with Crippen LogP contribution in [0.4, 0.5) is 0 Å². The second-order valence-corrected chi connectivity index (χ2v) is 4.00. The second-order valence-electron chi connectivity index (χ2n) is 3.59. The van der Waals surface area contributed by atoms with Gasteiger partial charge in [-0.15, -0.1) is 0 Å². The first kappa shape index (κ1) is 11.3. The molecular formula is C12H16ClN. The fourth-order valence-corrected chi connectivity index (χ4v) is 1.40. The van der Waals surface area contributed by atoms with Gasteiger partial charge in [-0.1, -0.05) is 50.2 Å². The van der Waals surface area contributed by atoms with Gasteiger partial charge in [0.2, 0.25) is 0 Å². The van der Waals surface area contributed by atoms with E-state index in [-0.39, 0.29) is 0 Å². The molecule has 0 radical (unpaired) electrons. The Bertz CT molecular complexity index is 318. The zero-order valence-electron chi connectivity index (χ0n) is 8.68. The van der Waals surface area contributed by atoms with Crippen molar-refractivity contribution in [3.8, 4) is 0 Å². The van der Waals surface area contributed by atoms with Crippen LogP contribution in [0.5, 0.6) is 0 Å². The summed E-state index contributed by atoms with van der Waals surface area (Å²) < 4.78 is 0. The van der Waals surface area contributed by atoms with Crippen LogP contribution in [0.1, 0.15) is 25.0 Å². The zero-order chi connectivity index (χ0) is 10.6. The molecule has 0 amide bonds. The number of rotatable bonds is 4. The van der Waals surface area contributed by atoms with Crippen LogP contribution in [-0.4, -0.2) is 6.04 Å². The molecule has 0 saturated carbocycles. The van der Waals surface area contributed by atoms with Crippen LogP contribution >= 0.6 is 11.6 Å². The van der Waals surface area contributed by atoms with E-state index in [1.165, 1.54) is 0 Å². The Labute approximate surface area is 90.8 Å². The monoisotopic (exact) mass is 209 g/mol. The number of hydrogen-bond donors (Lipinski definition) is 1. The van der Waals surface area contributed by atoms with Gasteiger partial charge in [0.1, 0.15) is 0 Å². The van der Waals surface area contributed by atoms with Crippen LogP contribution in [0.15, 0.2) is 24.8 Å². The maximum Gasteiger partial charge on any atom is 0.0456 e. The van der Waals surface area contributed by atoms with Crippen LogP contribution in [0.25, 0.3) is 6.08 Å². The van der Waals surface area contributed by atoms with Crippen molar-refractivity contribution in [2.75, 3.05) is 0 Å². The second kappa shape index (κ2) is 5.18. The molecule has 0 aliphatic carbocycles. The molecule has 76 valence electrons. The number of nitrogens with one attached hydrogen (secondary N) is 1.